The largest absolute Gasteiger partial charge is 0.293 e. The molecule has 25 heavy (non-hydrogen) atoms. The fourth-order valence-electron chi connectivity index (χ4n) is 3.07. The quantitative estimate of drug-likeness (QED) is 0.583. The monoisotopic (exact) mass is 335 g/mol. The van der Waals surface area contributed by atoms with Gasteiger partial charge in [0.1, 0.15) is 0 Å². The molecule has 0 aliphatic rings. The number of rotatable bonds is 9. The molecule has 0 unspecified atom stereocenters. The van der Waals surface area contributed by atoms with Gasteiger partial charge in [0, 0.05) is 13.1 Å². The van der Waals surface area contributed by atoms with Crippen LogP contribution in [0.4, 0.5) is 0 Å². The Hall–Kier alpha value is -2.19. The third-order valence-corrected chi connectivity index (χ3v) is 4.32. The molecule has 0 saturated heterocycles. The number of nitrogens with zero attached hydrogens (tertiary/aromatic N) is 1. The van der Waals surface area contributed by atoms with E-state index in [2.05, 4.69) is 49.6 Å². The highest BCUT2D eigenvalue weighted by Gasteiger charge is 2.27. The Morgan fingerprint density at radius 2 is 1.36 bits per heavy atom. The fraction of sp³-hybridized carbons (Fsp3) is 0.348. The lowest BCUT2D eigenvalue weighted by Gasteiger charge is -2.32. The molecule has 2 rings (SSSR count). The molecule has 0 spiro atoms. The molecule has 0 aliphatic carbocycles. The molecule has 0 aliphatic heterocycles. The van der Waals surface area contributed by atoms with Crippen LogP contribution in [0.1, 0.15) is 38.3 Å². The number of benzene rings is 2. The highest BCUT2D eigenvalue weighted by molar-refractivity contribution is 5.98. The zero-order chi connectivity index (χ0) is 18.2. The summed E-state index contributed by atoms with van der Waals surface area (Å²) in [6.07, 6.45) is 0.839. The van der Waals surface area contributed by atoms with Crippen LogP contribution in [0.3, 0.4) is 0 Å². The van der Waals surface area contributed by atoms with Crippen LogP contribution in [-0.2, 0) is 17.9 Å². The van der Waals surface area contributed by atoms with Crippen LogP contribution < -0.4 is 0 Å². The minimum absolute atomic E-state index is 0.141. The van der Waals surface area contributed by atoms with Crippen molar-refractivity contribution in [2.45, 2.75) is 46.3 Å². The van der Waals surface area contributed by atoms with E-state index in [0.29, 0.717) is 11.5 Å². The average Bonchev–Trinajstić information content (AvgIpc) is 2.60. The third-order valence-electron chi connectivity index (χ3n) is 4.32. The van der Waals surface area contributed by atoms with Gasteiger partial charge in [-0.2, -0.15) is 0 Å². The van der Waals surface area contributed by atoms with E-state index in [1.807, 2.05) is 43.3 Å². The van der Waals surface area contributed by atoms with E-state index in [-0.39, 0.29) is 11.8 Å². The van der Waals surface area contributed by atoms with Gasteiger partial charge < -0.3 is 0 Å². The first-order chi connectivity index (χ1) is 12.0. The Kier molecular flexibility index (Phi) is 7.15. The van der Waals surface area contributed by atoms with Crippen molar-refractivity contribution in [1.82, 2.24) is 4.90 Å². The molecule has 0 N–H and O–H groups in total. The molecule has 0 saturated carbocycles. The third kappa shape index (κ3) is 5.99. The first-order valence-corrected chi connectivity index (χ1v) is 8.99. The van der Waals surface area contributed by atoms with Crippen LogP contribution in [0.5, 0.6) is 0 Å². The van der Waals surface area contributed by atoms with Crippen LogP contribution >= 0.6 is 0 Å². The summed E-state index contributed by atoms with van der Waals surface area (Å²) >= 11 is 0. The highest BCUT2D eigenvalue weighted by atomic mass is 16.1. The summed E-state index contributed by atoms with van der Waals surface area (Å²) in [5, 5.41) is 0. The van der Waals surface area contributed by atoms with Crippen molar-refractivity contribution in [3.8, 4) is 0 Å². The molecule has 0 bridgehead atoms. The zero-order valence-electron chi connectivity index (χ0n) is 15.6. The van der Waals surface area contributed by atoms with E-state index in [1.54, 1.807) is 0 Å². The van der Waals surface area contributed by atoms with Crippen molar-refractivity contribution in [3.05, 3.63) is 83.9 Å². The van der Waals surface area contributed by atoms with Gasteiger partial charge in [0.15, 0.2) is 5.78 Å². The van der Waals surface area contributed by atoms with Gasteiger partial charge in [-0.05, 0) is 36.0 Å². The smallest absolute Gasteiger partial charge is 0.175 e. The predicted molar refractivity (Wildman–Crippen MR) is 105 cm³/mol. The molecule has 2 aromatic rings. The SMILES string of the molecule is C=C(C)C(=O)[C@H](CC(C)C)N(Cc1ccccc1)Cc1ccccc1. The van der Waals surface area contributed by atoms with Crippen molar-refractivity contribution in [3.63, 3.8) is 0 Å². The number of hydrogen-bond donors (Lipinski definition) is 0. The lowest BCUT2D eigenvalue weighted by molar-refractivity contribution is -0.121. The Bertz CT molecular complexity index is 634. The average molecular weight is 335 g/mol. The Morgan fingerprint density at radius 3 is 1.72 bits per heavy atom. The predicted octanol–water partition coefficient (Wildman–Crippen LogP) is 5.25. The summed E-state index contributed by atoms with van der Waals surface area (Å²) in [6.45, 7) is 11.6. The maximum Gasteiger partial charge on any atom is 0.175 e. The maximum absolute atomic E-state index is 12.9. The maximum atomic E-state index is 12.9. The van der Waals surface area contributed by atoms with Gasteiger partial charge in [-0.25, -0.2) is 0 Å². The minimum Gasteiger partial charge on any atom is -0.293 e. The Morgan fingerprint density at radius 1 is 0.920 bits per heavy atom. The minimum atomic E-state index is -0.141. The van der Waals surface area contributed by atoms with Crippen molar-refractivity contribution in [2.24, 2.45) is 5.92 Å². The van der Waals surface area contributed by atoms with E-state index in [1.165, 1.54) is 11.1 Å². The number of carbonyl (C=O) groups is 1. The van der Waals surface area contributed by atoms with Crippen LogP contribution in [0.2, 0.25) is 0 Å². The van der Waals surface area contributed by atoms with Gasteiger partial charge in [-0.1, -0.05) is 81.1 Å². The molecule has 0 aromatic heterocycles. The molecule has 0 amide bonds. The standard InChI is InChI=1S/C23H29NO/c1-18(2)15-22(23(25)19(3)4)24(16-20-11-7-5-8-12-20)17-21-13-9-6-10-14-21/h5-14,18,22H,3,15-17H2,1-2,4H3/t22-/m0/s1. The molecule has 2 aromatic carbocycles. The normalized spacial score (nSPS) is 12.4. The highest BCUT2D eigenvalue weighted by Crippen LogP contribution is 2.21. The van der Waals surface area contributed by atoms with Crippen molar-refractivity contribution >= 4 is 5.78 Å². The van der Waals surface area contributed by atoms with E-state index >= 15 is 0 Å². The number of ketones is 1. The van der Waals surface area contributed by atoms with E-state index in [0.717, 1.165) is 19.5 Å². The van der Waals surface area contributed by atoms with Gasteiger partial charge in [0.05, 0.1) is 6.04 Å². The summed E-state index contributed by atoms with van der Waals surface area (Å²) < 4.78 is 0. The van der Waals surface area contributed by atoms with Crippen LogP contribution in [0, 0.1) is 5.92 Å². The van der Waals surface area contributed by atoms with Gasteiger partial charge in [0.2, 0.25) is 0 Å². The molecule has 0 heterocycles. The van der Waals surface area contributed by atoms with Crippen molar-refractivity contribution < 1.29 is 4.79 Å². The number of Topliss-reactive ketones (excluding diaryl/α,β-unsaturated/α-hetero) is 1. The van der Waals surface area contributed by atoms with Gasteiger partial charge in [-0.3, -0.25) is 9.69 Å². The van der Waals surface area contributed by atoms with Crippen LogP contribution in [-0.4, -0.2) is 16.7 Å². The number of carbonyl (C=O) groups excluding carboxylic acids is 1. The zero-order valence-corrected chi connectivity index (χ0v) is 15.6. The summed E-state index contributed by atoms with van der Waals surface area (Å²) in [7, 11) is 0. The van der Waals surface area contributed by atoms with Gasteiger partial charge >= 0.3 is 0 Å². The number of hydrogen-bond acceptors (Lipinski definition) is 2. The Balaban J connectivity index is 2.31. The molecule has 2 heteroatoms. The second-order valence-corrected chi connectivity index (χ2v) is 7.17. The fourth-order valence-corrected chi connectivity index (χ4v) is 3.07. The van der Waals surface area contributed by atoms with E-state index < -0.39 is 0 Å². The van der Waals surface area contributed by atoms with Gasteiger partial charge in [0.25, 0.3) is 0 Å². The van der Waals surface area contributed by atoms with E-state index in [4.69, 9.17) is 0 Å². The van der Waals surface area contributed by atoms with E-state index in [9.17, 15) is 4.79 Å². The molecule has 0 fully saturated rings. The summed E-state index contributed by atoms with van der Waals surface area (Å²) in [5.74, 6) is 0.600. The second-order valence-electron chi connectivity index (χ2n) is 7.17. The molecular formula is C23H29NO. The van der Waals surface area contributed by atoms with Crippen LogP contribution in [0.15, 0.2) is 72.8 Å². The lowest BCUT2D eigenvalue weighted by Crippen LogP contribution is -2.41. The summed E-state index contributed by atoms with van der Waals surface area (Å²) in [6, 6.07) is 20.6. The molecule has 2 nitrogen and oxygen atoms in total. The first-order valence-electron chi connectivity index (χ1n) is 8.99. The first kappa shape index (κ1) is 19.1. The Labute approximate surface area is 152 Å². The molecule has 132 valence electrons. The van der Waals surface area contributed by atoms with Crippen LogP contribution in [0.25, 0.3) is 0 Å². The lowest BCUT2D eigenvalue weighted by atomic mass is 9.94. The molecule has 0 radical (unpaired) electrons. The summed E-state index contributed by atoms with van der Waals surface area (Å²) in [4.78, 5) is 15.2. The van der Waals surface area contributed by atoms with Crippen molar-refractivity contribution in [2.75, 3.05) is 0 Å². The topological polar surface area (TPSA) is 20.3 Å². The summed E-state index contributed by atoms with van der Waals surface area (Å²) in [5.41, 5.74) is 3.08. The van der Waals surface area contributed by atoms with Crippen molar-refractivity contribution in [1.29, 1.82) is 0 Å². The molecular weight excluding hydrogens is 306 g/mol. The molecule has 1 atom stereocenters. The van der Waals surface area contributed by atoms with Gasteiger partial charge in [-0.15, -0.1) is 0 Å². The second kappa shape index (κ2) is 9.33.